The average molecular weight is 423 g/mol. The van der Waals surface area contributed by atoms with Crippen molar-refractivity contribution < 1.29 is 22.0 Å². The Kier molecular flexibility index (Phi) is 5.46. The summed E-state index contributed by atoms with van der Waals surface area (Å²) in [5, 5.41) is 2.77. The number of carbonyl (C=O) groups is 1. The number of oxazole rings is 1. The average Bonchev–Trinajstić information content (AvgIpc) is 3.47. The normalized spacial score (nSPS) is 11.3. The lowest BCUT2D eigenvalue weighted by Gasteiger charge is -2.08. The first-order valence-corrected chi connectivity index (χ1v) is 10.4. The fraction of sp³-hybridized carbons (Fsp3) is 0.0476. The maximum atomic E-state index is 12.5. The molecule has 30 heavy (non-hydrogen) atoms. The van der Waals surface area contributed by atoms with Gasteiger partial charge >= 0.3 is 0 Å². The molecule has 0 aliphatic rings. The Hall–Kier alpha value is -3.69. The molecule has 4 aromatic rings. The molecule has 2 N–H and O–H groups in total. The highest BCUT2D eigenvalue weighted by Crippen LogP contribution is 2.21. The minimum atomic E-state index is -3.72. The zero-order valence-corrected chi connectivity index (χ0v) is 16.4. The van der Waals surface area contributed by atoms with E-state index in [0.717, 1.165) is 5.56 Å². The Balaban J connectivity index is 1.40. The van der Waals surface area contributed by atoms with Crippen LogP contribution < -0.4 is 10.0 Å². The second kappa shape index (κ2) is 8.36. The fourth-order valence-electron chi connectivity index (χ4n) is 2.73. The minimum Gasteiger partial charge on any atom is -0.468 e. The second-order valence-corrected chi connectivity index (χ2v) is 8.09. The van der Waals surface area contributed by atoms with Gasteiger partial charge in [0.25, 0.3) is 5.91 Å². The van der Waals surface area contributed by atoms with Crippen molar-refractivity contribution in [3.8, 4) is 11.3 Å². The third-order valence-corrected chi connectivity index (χ3v) is 5.72. The van der Waals surface area contributed by atoms with Crippen molar-refractivity contribution in [1.29, 1.82) is 0 Å². The molecular weight excluding hydrogens is 406 g/mol. The summed E-state index contributed by atoms with van der Waals surface area (Å²) in [6, 6.07) is 16.1. The number of benzene rings is 2. The summed E-state index contributed by atoms with van der Waals surface area (Å²) in [4.78, 5) is 16.4. The SMILES string of the molecule is O=C(Nc1ccc(-c2cnco2)cc1)c1ccc(S(=O)(=O)NCc2ccco2)cc1. The molecule has 0 radical (unpaired) electrons. The summed E-state index contributed by atoms with van der Waals surface area (Å²) in [5.74, 6) is 0.782. The first-order chi connectivity index (χ1) is 14.5. The van der Waals surface area contributed by atoms with Gasteiger partial charge in [0.1, 0.15) is 5.76 Å². The quantitative estimate of drug-likeness (QED) is 0.469. The predicted octanol–water partition coefficient (Wildman–Crippen LogP) is 3.67. The number of furan rings is 1. The molecule has 0 fully saturated rings. The van der Waals surface area contributed by atoms with Gasteiger partial charge in [0.05, 0.1) is 23.9 Å². The Labute approximate surface area is 172 Å². The Bertz CT molecular complexity index is 1220. The molecule has 0 bridgehead atoms. The number of anilines is 1. The zero-order valence-electron chi connectivity index (χ0n) is 15.6. The molecule has 1 amide bonds. The van der Waals surface area contributed by atoms with Crippen molar-refractivity contribution in [1.82, 2.24) is 9.71 Å². The van der Waals surface area contributed by atoms with Crippen LogP contribution in [0, 0.1) is 0 Å². The molecule has 2 aromatic heterocycles. The summed E-state index contributed by atoms with van der Waals surface area (Å²) in [7, 11) is -3.72. The van der Waals surface area contributed by atoms with Gasteiger partial charge in [-0.05, 0) is 60.7 Å². The smallest absolute Gasteiger partial charge is 0.255 e. The van der Waals surface area contributed by atoms with Crippen LogP contribution in [0.25, 0.3) is 11.3 Å². The van der Waals surface area contributed by atoms with Crippen LogP contribution in [0.1, 0.15) is 16.1 Å². The molecule has 8 nitrogen and oxygen atoms in total. The number of aromatic nitrogens is 1. The fourth-order valence-corrected chi connectivity index (χ4v) is 3.72. The van der Waals surface area contributed by atoms with Crippen LogP contribution in [0.2, 0.25) is 0 Å². The van der Waals surface area contributed by atoms with Gasteiger partial charge in [0.15, 0.2) is 12.2 Å². The lowest BCUT2D eigenvalue weighted by atomic mass is 10.1. The second-order valence-electron chi connectivity index (χ2n) is 6.33. The van der Waals surface area contributed by atoms with E-state index >= 15 is 0 Å². The van der Waals surface area contributed by atoms with E-state index in [1.165, 1.54) is 36.9 Å². The summed E-state index contributed by atoms with van der Waals surface area (Å²) < 4.78 is 37.5. The molecule has 152 valence electrons. The number of rotatable bonds is 7. The summed E-state index contributed by atoms with van der Waals surface area (Å²) in [5.41, 5.74) is 1.77. The maximum absolute atomic E-state index is 12.5. The molecule has 0 saturated carbocycles. The monoisotopic (exact) mass is 423 g/mol. The van der Waals surface area contributed by atoms with Gasteiger partial charge in [-0.3, -0.25) is 4.79 Å². The molecule has 0 unspecified atom stereocenters. The van der Waals surface area contributed by atoms with Gasteiger partial charge in [-0.15, -0.1) is 0 Å². The predicted molar refractivity (Wildman–Crippen MR) is 109 cm³/mol. The van der Waals surface area contributed by atoms with Crippen molar-refractivity contribution in [3.05, 3.63) is 90.8 Å². The van der Waals surface area contributed by atoms with E-state index in [-0.39, 0.29) is 17.3 Å². The Morgan fingerprint density at radius 1 is 0.967 bits per heavy atom. The number of hydrogen-bond acceptors (Lipinski definition) is 6. The number of hydrogen-bond donors (Lipinski definition) is 2. The number of nitrogens with one attached hydrogen (secondary N) is 2. The van der Waals surface area contributed by atoms with E-state index in [0.29, 0.717) is 22.8 Å². The lowest BCUT2D eigenvalue weighted by molar-refractivity contribution is 0.102. The van der Waals surface area contributed by atoms with Gasteiger partial charge < -0.3 is 14.2 Å². The van der Waals surface area contributed by atoms with Gasteiger partial charge in [-0.1, -0.05) is 0 Å². The van der Waals surface area contributed by atoms with Crippen molar-refractivity contribution in [3.63, 3.8) is 0 Å². The summed E-state index contributed by atoms with van der Waals surface area (Å²) >= 11 is 0. The van der Waals surface area contributed by atoms with Gasteiger partial charge in [-0.2, -0.15) is 0 Å². The van der Waals surface area contributed by atoms with E-state index in [2.05, 4.69) is 15.0 Å². The van der Waals surface area contributed by atoms with E-state index in [4.69, 9.17) is 8.83 Å². The highest BCUT2D eigenvalue weighted by atomic mass is 32.2. The summed E-state index contributed by atoms with van der Waals surface area (Å²) in [6.07, 6.45) is 4.42. The lowest BCUT2D eigenvalue weighted by Crippen LogP contribution is -2.23. The van der Waals surface area contributed by atoms with Crippen LogP contribution in [0.3, 0.4) is 0 Å². The van der Waals surface area contributed by atoms with Gasteiger partial charge in [0, 0.05) is 16.8 Å². The molecule has 4 rings (SSSR count). The molecule has 0 spiro atoms. The maximum Gasteiger partial charge on any atom is 0.255 e. The van der Waals surface area contributed by atoms with E-state index in [9.17, 15) is 13.2 Å². The first kappa shape index (κ1) is 19.6. The van der Waals surface area contributed by atoms with Crippen molar-refractivity contribution in [2.24, 2.45) is 0 Å². The third kappa shape index (κ3) is 4.48. The number of nitrogens with zero attached hydrogens (tertiary/aromatic N) is 1. The van der Waals surface area contributed by atoms with Crippen molar-refractivity contribution in [2.45, 2.75) is 11.4 Å². The molecular formula is C21H17N3O5S. The highest BCUT2D eigenvalue weighted by molar-refractivity contribution is 7.89. The molecule has 0 saturated heterocycles. The largest absolute Gasteiger partial charge is 0.468 e. The van der Waals surface area contributed by atoms with Crippen molar-refractivity contribution >= 4 is 21.6 Å². The van der Waals surface area contributed by atoms with Crippen LogP contribution >= 0.6 is 0 Å². The first-order valence-electron chi connectivity index (χ1n) is 8.94. The Morgan fingerprint density at radius 2 is 1.73 bits per heavy atom. The number of sulfonamides is 1. The minimum absolute atomic E-state index is 0.0433. The molecule has 2 heterocycles. The van der Waals surface area contributed by atoms with Crippen LogP contribution in [0.4, 0.5) is 5.69 Å². The highest BCUT2D eigenvalue weighted by Gasteiger charge is 2.15. The van der Waals surface area contributed by atoms with E-state index in [1.807, 2.05) is 0 Å². The molecule has 2 aromatic carbocycles. The standard InChI is InChI=1S/C21H17N3O5S/c25-21(24-17-7-3-15(4-8-17)20-13-22-14-29-20)16-5-9-19(10-6-16)30(26,27)23-12-18-2-1-11-28-18/h1-11,13-14,23H,12H2,(H,24,25). The van der Waals surface area contributed by atoms with E-state index in [1.54, 1.807) is 42.6 Å². The third-order valence-electron chi connectivity index (χ3n) is 4.30. The molecule has 0 atom stereocenters. The van der Waals surface area contributed by atoms with E-state index < -0.39 is 10.0 Å². The molecule has 0 aliphatic heterocycles. The van der Waals surface area contributed by atoms with Crippen LogP contribution in [0.5, 0.6) is 0 Å². The Morgan fingerprint density at radius 3 is 2.37 bits per heavy atom. The van der Waals surface area contributed by atoms with Gasteiger partial charge in [-0.25, -0.2) is 18.1 Å². The van der Waals surface area contributed by atoms with Crippen molar-refractivity contribution in [2.75, 3.05) is 5.32 Å². The summed E-state index contributed by atoms with van der Waals surface area (Å²) in [6.45, 7) is 0.0433. The molecule has 0 aliphatic carbocycles. The topological polar surface area (TPSA) is 114 Å². The van der Waals surface area contributed by atoms with Crippen LogP contribution in [-0.2, 0) is 16.6 Å². The molecule has 9 heteroatoms. The van der Waals surface area contributed by atoms with Crippen LogP contribution in [0.15, 0.2) is 93.2 Å². The van der Waals surface area contributed by atoms with Crippen LogP contribution in [-0.4, -0.2) is 19.3 Å². The van der Waals surface area contributed by atoms with Gasteiger partial charge in [0.2, 0.25) is 10.0 Å². The number of carbonyl (C=O) groups excluding carboxylic acids is 1. The number of amides is 1. The zero-order chi connectivity index (χ0) is 21.0.